The van der Waals surface area contributed by atoms with E-state index in [-0.39, 0.29) is 12.3 Å². The van der Waals surface area contributed by atoms with E-state index in [4.69, 9.17) is 10.5 Å². The number of hydrogen-bond acceptors (Lipinski definition) is 2. The second kappa shape index (κ2) is 4.82. The quantitative estimate of drug-likeness (QED) is 0.815. The maximum Gasteiger partial charge on any atom is 0.221 e. The number of rotatable bonds is 4. The standard InChI is InChI=1S/C12H17NO2/c1-4-10-6-9(7-11(13)14)5-8(2)12(10)15-3/h5-6H,4,7H2,1-3H3,(H2,13,14). The zero-order chi connectivity index (χ0) is 11.4. The van der Waals surface area contributed by atoms with Crippen molar-refractivity contribution in [3.8, 4) is 5.75 Å². The van der Waals surface area contributed by atoms with E-state index in [9.17, 15) is 4.79 Å². The molecule has 0 aromatic heterocycles. The Hall–Kier alpha value is -1.51. The minimum atomic E-state index is -0.304. The van der Waals surface area contributed by atoms with Gasteiger partial charge in [-0.2, -0.15) is 0 Å². The van der Waals surface area contributed by atoms with Gasteiger partial charge in [-0.15, -0.1) is 0 Å². The molecule has 0 spiro atoms. The molecule has 0 aliphatic carbocycles. The molecule has 1 aromatic carbocycles. The van der Waals surface area contributed by atoms with E-state index < -0.39 is 0 Å². The number of benzene rings is 1. The Balaban J connectivity index is 3.13. The van der Waals surface area contributed by atoms with Crippen LogP contribution < -0.4 is 10.5 Å². The number of amides is 1. The summed E-state index contributed by atoms with van der Waals surface area (Å²) in [5.41, 5.74) is 8.29. The Morgan fingerprint density at radius 3 is 2.60 bits per heavy atom. The summed E-state index contributed by atoms with van der Waals surface area (Å²) in [5.74, 6) is 0.604. The highest BCUT2D eigenvalue weighted by Crippen LogP contribution is 2.25. The topological polar surface area (TPSA) is 52.3 Å². The van der Waals surface area contributed by atoms with E-state index in [1.165, 1.54) is 0 Å². The number of methoxy groups -OCH3 is 1. The summed E-state index contributed by atoms with van der Waals surface area (Å²) in [6.45, 7) is 4.04. The molecule has 0 aliphatic rings. The molecule has 1 amide bonds. The van der Waals surface area contributed by atoms with E-state index >= 15 is 0 Å². The first kappa shape index (κ1) is 11.6. The predicted octanol–water partition coefficient (Wildman–Crippen LogP) is 1.59. The fourth-order valence-electron chi connectivity index (χ4n) is 1.79. The van der Waals surface area contributed by atoms with Crippen molar-refractivity contribution in [2.24, 2.45) is 5.73 Å². The Labute approximate surface area is 90.2 Å². The third-order valence-electron chi connectivity index (χ3n) is 2.37. The van der Waals surface area contributed by atoms with E-state index in [0.29, 0.717) is 0 Å². The second-order valence-electron chi connectivity index (χ2n) is 3.60. The van der Waals surface area contributed by atoms with Crippen LogP contribution >= 0.6 is 0 Å². The van der Waals surface area contributed by atoms with Gasteiger partial charge in [-0.05, 0) is 30.0 Å². The summed E-state index contributed by atoms with van der Waals surface area (Å²) >= 11 is 0. The Morgan fingerprint density at radius 2 is 2.13 bits per heavy atom. The fourth-order valence-corrected chi connectivity index (χ4v) is 1.79. The lowest BCUT2D eigenvalue weighted by Crippen LogP contribution is -2.14. The van der Waals surface area contributed by atoms with Crippen LogP contribution in [-0.4, -0.2) is 13.0 Å². The highest BCUT2D eigenvalue weighted by molar-refractivity contribution is 5.76. The van der Waals surface area contributed by atoms with Crippen LogP contribution in [0.2, 0.25) is 0 Å². The lowest BCUT2D eigenvalue weighted by atomic mass is 10.0. The molecule has 0 fully saturated rings. The molecule has 82 valence electrons. The molecule has 1 aromatic rings. The third kappa shape index (κ3) is 2.72. The minimum Gasteiger partial charge on any atom is -0.496 e. The van der Waals surface area contributed by atoms with Gasteiger partial charge in [0.1, 0.15) is 5.75 Å². The molecule has 0 radical (unpaired) electrons. The number of nitrogens with two attached hydrogens (primary N) is 1. The highest BCUT2D eigenvalue weighted by Gasteiger charge is 2.08. The van der Waals surface area contributed by atoms with Gasteiger partial charge in [-0.1, -0.05) is 19.1 Å². The molecule has 0 saturated carbocycles. The molecular formula is C12H17NO2. The molecule has 2 N–H and O–H groups in total. The molecule has 3 nitrogen and oxygen atoms in total. The lowest BCUT2D eigenvalue weighted by molar-refractivity contribution is -0.117. The summed E-state index contributed by atoms with van der Waals surface area (Å²) < 4.78 is 5.31. The predicted molar refractivity (Wildman–Crippen MR) is 60.0 cm³/mol. The number of ether oxygens (including phenoxy) is 1. The molecule has 3 heteroatoms. The molecule has 0 bridgehead atoms. The Kier molecular flexibility index (Phi) is 3.72. The molecule has 0 heterocycles. The Morgan fingerprint density at radius 1 is 1.47 bits per heavy atom. The van der Waals surface area contributed by atoms with Crippen molar-refractivity contribution < 1.29 is 9.53 Å². The zero-order valence-corrected chi connectivity index (χ0v) is 9.46. The molecule has 0 unspecified atom stereocenters. The van der Waals surface area contributed by atoms with Crippen molar-refractivity contribution in [2.75, 3.05) is 7.11 Å². The van der Waals surface area contributed by atoms with Crippen molar-refractivity contribution in [3.05, 3.63) is 28.8 Å². The summed E-state index contributed by atoms with van der Waals surface area (Å²) in [4.78, 5) is 10.8. The van der Waals surface area contributed by atoms with E-state index in [0.717, 1.165) is 28.9 Å². The van der Waals surface area contributed by atoms with Crippen LogP contribution in [-0.2, 0) is 17.6 Å². The second-order valence-corrected chi connectivity index (χ2v) is 3.60. The van der Waals surface area contributed by atoms with Crippen LogP contribution in [0.3, 0.4) is 0 Å². The first-order valence-corrected chi connectivity index (χ1v) is 5.03. The fraction of sp³-hybridized carbons (Fsp3) is 0.417. The highest BCUT2D eigenvalue weighted by atomic mass is 16.5. The van der Waals surface area contributed by atoms with Crippen molar-refractivity contribution in [2.45, 2.75) is 26.7 Å². The summed E-state index contributed by atoms with van der Waals surface area (Å²) in [5, 5.41) is 0. The van der Waals surface area contributed by atoms with Crippen molar-refractivity contribution in [1.82, 2.24) is 0 Å². The van der Waals surface area contributed by atoms with Crippen molar-refractivity contribution in [1.29, 1.82) is 0 Å². The summed E-state index contributed by atoms with van der Waals surface area (Å²) in [6.07, 6.45) is 1.18. The van der Waals surface area contributed by atoms with Gasteiger partial charge in [0.25, 0.3) is 0 Å². The van der Waals surface area contributed by atoms with Crippen LogP contribution in [0.25, 0.3) is 0 Å². The maximum absolute atomic E-state index is 10.8. The van der Waals surface area contributed by atoms with Crippen LogP contribution in [0.5, 0.6) is 5.75 Å². The smallest absolute Gasteiger partial charge is 0.221 e. The summed E-state index contributed by atoms with van der Waals surface area (Å²) in [7, 11) is 1.66. The SMILES string of the molecule is CCc1cc(CC(N)=O)cc(C)c1OC. The zero-order valence-electron chi connectivity index (χ0n) is 9.46. The monoisotopic (exact) mass is 207 g/mol. The van der Waals surface area contributed by atoms with Gasteiger partial charge in [0, 0.05) is 0 Å². The van der Waals surface area contributed by atoms with Crippen LogP contribution in [0.4, 0.5) is 0 Å². The molecule has 0 saturated heterocycles. The largest absolute Gasteiger partial charge is 0.496 e. The average Bonchev–Trinajstić information content (AvgIpc) is 2.15. The first-order chi connectivity index (χ1) is 7.08. The average molecular weight is 207 g/mol. The van der Waals surface area contributed by atoms with Gasteiger partial charge in [0.15, 0.2) is 0 Å². The molecule has 0 aliphatic heterocycles. The van der Waals surface area contributed by atoms with Crippen molar-refractivity contribution in [3.63, 3.8) is 0 Å². The number of hydrogen-bond donors (Lipinski definition) is 1. The number of primary amides is 1. The molecule has 0 atom stereocenters. The van der Waals surface area contributed by atoms with Gasteiger partial charge in [0.05, 0.1) is 13.5 Å². The first-order valence-electron chi connectivity index (χ1n) is 5.03. The van der Waals surface area contributed by atoms with Gasteiger partial charge in [-0.25, -0.2) is 0 Å². The molecule has 15 heavy (non-hydrogen) atoms. The molecule has 1 rings (SSSR count). The normalized spacial score (nSPS) is 10.1. The number of aryl methyl sites for hydroxylation is 2. The van der Waals surface area contributed by atoms with E-state index in [1.807, 2.05) is 19.1 Å². The number of carbonyl (C=O) groups is 1. The van der Waals surface area contributed by atoms with E-state index in [2.05, 4.69) is 6.92 Å². The third-order valence-corrected chi connectivity index (χ3v) is 2.37. The molecular weight excluding hydrogens is 190 g/mol. The van der Waals surface area contributed by atoms with Crippen LogP contribution in [0, 0.1) is 6.92 Å². The minimum absolute atomic E-state index is 0.290. The van der Waals surface area contributed by atoms with E-state index in [1.54, 1.807) is 7.11 Å². The Bertz CT molecular complexity index is 372. The summed E-state index contributed by atoms with van der Waals surface area (Å²) in [6, 6.07) is 3.93. The van der Waals surface area contributed by atoms with Gasteiger partial charge < -0.3 is 10.5 Å². The van der Waals surface area contributed by atoms with Gasteiger partial charge in [-0.3, -0.25) is 4.79 Å². The van der Waals surface area contributed by atoms with Gasteiger partial charge in [0.2, 0.25) is 5.91 Å². The van der Waals surface area contributed by atoms with Crippen LogP contribution in [0.15, 0.2) is 12.1 Å². The van der Waals surface area contributed by atoms with Gasteiger partial charge >= 0.3 is 0 Å². The maximum atomic E-state index is 10.8. The lowest BCUT2D eigenvalue weighted by Gasteiger charge is -2.12. The van der Waals surface area contributed by atoms with Crippen molar-refractivity contribution >= 4 is 5.91 Å². The van der Waals surface area contributed by atoms with Crippen LogP contribution in [0.1, 0.15) is 23.6 Å². The number of carbonyl (C=O) groups excluding carboxylic acids is 1.